The van der Waals surface area contributed by atoms with Crippen LogP contribution in [-0.2, 0) is 11.2 Å². The zero-order chi connectivity index (χ0) is 20.3. The maximum Gasteiger partial charge on any atom is 0.270 e. The summed E-state index contributed by atoms with van der Waals surface area (Å²) in [5.74, 6) is 0.280. The van der Waals surface area contributed by atoms with Gasteiger partial charge in [-0.3, -0.25) is 14.4 Å². The van der Waals surface area contributed by atoms with Crippen molar-refractivity contribution in [2.45, 2.75) is 58.9 Å². The van der Waals surface area contributed by atoms with Crippen LogP contribution < -0.4 is 10.6 Å². The minimum atomic E-state index is -0.0691. The number of nitrogens with zero attached hydrogens (tertiary/aromatic N) is 1. The van der Waals surface area contributed by atoms with Crippen molar-refractivity contribution in [3.63, 3.8) is 0 Å². The fraction of sp³-hybridized carbons (Fsp3) is 0.667. The number of carbonyl (C=O) groups is 3. The highest BCUT2D eigenvalue weighted by molar-refractivity contribution is 6.02. The second-order valence-corrected chi connectivity index (χ2v) is 8.04. The van der Waals surface area contributed by atoms with Gasteiger partial charge in [0.1, 0.15) is 5.69 Å². The Labute approximate surface area is 166 Å². The van der Waals surface area contributed by atoms with E-state index in [1.165, 1.54) is 0 Å². The van der Waals surface area contributed by atoms with Crippen molar-refractivity contribution >= 4 is 17.6 Å². The molecule has 7 heteroatoms. The predicted molar refractivity (Wildman–Crippen MR) is 108 cm³/mol. The average molecular weight is 389 g/mol. The van der Waals surface area contributed by atoms with E-state index in [-0.39, 0.29) is 29.6 Å². The smallest absolute Gasteiger partial charge is 0.270 e. The first-order valence-corrected chi connectivity index (χ1v) is 10.4. The minimum absolute atomic E-state index is 0.00981. The van der Waals surface area contributed by atoms with Gasteiger partial charge in [0.2, 0.25) is 5.91 Å². The molecular formula is C21H32N4O3. The number of ketones is 1. The molecular weight excluding hydrogens is 356 g/mol. The van der Waals surface area contributed by atoms with Gasteiger partial charge in [0.25, 0.3) is 5.91 Å². The van der Waals surface area contributed by atoms with Crippen molar-refractivity contribution in [3.05, 3.63) is 22.5 Å². The maximum atomic E-state index is 13.1. The Morgan fingerprint density at radius 3 is 2.64 bits per heavy atom. The molecule has 0 radical (unpaired) electrons. The fourth-order valence-electron chi connectivity index (χ4n) is 4.54. The van der Waals surface area contributed by atoms with Crippen LogP contribution in [0.15, 0.2) is 0 Å². The lowest BCUT2D eigenvalue weighted by Gasteiger charge is -2.33. The number of nitrogens with one attached hydrogen (secondary N) is 3. The number of aromatic amines is 1. The number of H-pyrrole nitrogens is 1. The number of likely N-dealkylation sites (tertiary alicyclic amines) is 1. The van der Waals surface area contributed by atoms with Crippen LogP contribution in [0.25, 0.3) is 0 Å². The van der Waals surface area contributed by atoms with Gasteiger partial charge in [0, 0.05) is 30.9 Å². The summed E-state index contributed by atoms with van der Waals surface area (Å²) in [6, 6.07) is -0.0691. The number of hydrogen-bond donors (Lipinski definition) is 3. The number of carbonyl (C=O) groups excluding carboxylic acids is 3. The number of aryl methyl sites for hydroxylation is 1. The molecule has 1 aromatic rings. The van der Waals surface area contributed by atoms with E-state index in [1.54, 1.807) is 6.92 Å². The van der Waals surface area contributed by atoms with Crippen LogP contribution in [-0.4, -0.2) is 59.7 Å². The molecule has 3 N–H and O–H groups in total. The van der Waals surface area contributed by atoms with Crippen LogP contribution >= 0.6 is 0 Å². The second-order valence-electron chi connectivity index (χ2n) is 8.04. The third-order valence-electron chi connectivity index (χ3n) is 5.96. The number of hydrogen-bond acceptors (Lipinski definition) is 4. The first kappa shape index (κ1) is 20.6. The lowest BCUT2D eigenvalue weighted by molar-refractivity contribution is -0.123. The maximum absolute atomic E-state index is 13.1. The molecule has 2 amide bonds. The summed E-state index contributed by atoms with van der Waals surface area (Å²) in [7, 11) is 0. The third kappa shape index (κ3) is 4.29. The van der Waals surface area contributed by atoms with E-state index < -0.39 is 0 Å². The molecule has 28 heavy (non-hydrogen) atoms. The summed E-state index contributed by atoms with van der Waals surface area (Å²) in [5, 5.41) is 6.27. The number of piperidine rings is 1. The van der Waals surface area contributed by atoms with Crippen molar-refractivity contribution in [2.75, 3.05) is 26.2 Å². The molecule has 3 rings (SSSR count). The molecule has 154 valence electrons. The standard InChI is InChI=1S/C21H32N4O3/c1-4-16-18(14(3)26)13(2)24-19(16)21(28)25-10-6-7-15(12-25)11-23-20(27)17-8-5-9-22-17/h15,17,22,24H,4-12H2,1-3H3,(H,23,27). The van der Waals surface area contributed by atoms with Gasteiger partial charge in [-0.2, -0.15) is 0 Å². The molecule has 0 bridgehead atoms. The predicted octanol–water partition coefficient (Wildman–Crippen LogP) is 1.81. The van der Waals surface area contributed by atoms with Gasteiger partial charge in [-0.1, -0.05) is 6.92 Å². The number of aromatic nitrogens is 1. The molecule has 2 unspecified atom stereocenters. The van der Waals surface area contributed by atoms with Crippen molar-refractivity contribution in [3.8, 4) is 0 Å². The molecule has 2 atom stereocenters. The summed E-state index contributed by atoms with van der Waals surface area (Å²) >= 11 is 0. The van der Waals surface area contributed by atoms with Crippen molar-refractivity contribution < 1.29 is 14.4 Å². The first-order chi connectivity index (χ1) is 13.4. The van der Waals surface area contributed by atoms with Crippen molar-refractivity contribution in [1.29, 1.82) is 0 Å². The number of Topliss-reactive ketones (excluding diaryl/α,β-unsaturated/α-hetero) is 1. The van der Waals surface area contributed by atoms with E-state index in [2.05, 4.69) is 15.6 Å². The average Bonchev–Trinajstić information content (AvgIpc) is 3.33. The zero-order valence-electron chi connectivity index (χ0n) is 17.2. The van der Waals surface area contributed by atoms with E-state index in [4.69, 9.17) is 0 Å². The molecule has 2 fully saturated rings. The number of amides is 2. The van der Waals surface area contributed by atoms with Crippen LogP contribution in [0.3, 0.4) is 0 Å². The van der Waals surface area contributed by atoms with E-state index in [1.807, 2.05) is 18.7 Å². The summed E-state index contributed by atoms with van der Waals surface area (Å²) in [6.07, 6.45) is 4.51. The molecule has 2 aliphatic heterocycles. The van der Waals surface area contributed by atoms with Crippen LogP contribution in [0.4, 0.5) is 0 Å². The Kier molecular flexibility index (Phi) is 6.54. The third-order valence-corrected chi connectivity index (χ3v) is 5.96. The quantitative estimate of drug-likeness (QED) is 0.648. The molecule has 2 saturated heterocycles. The highest BCUT2D eigenvalue weighted by Gasteiger charge is 2.30. The Morgan fingerprint density at radius 1 is 1.21 bits per heavy atom. The Bertz CT molecular complexity index is 749. The highest BCUT2D eigenvalue weighted by atomic mass is 16.2. The lowest BCUT2D eigenvalue weighted by atomic mass is 9.96. The van der Waals surface area contributed by atoms with Crippen LogP contribution in [0.2, 0.25) is 0 Å². The van der Waals surface area contributed by atoms with Gasteiger partial charge in [0.15, 0.2) is 5.78 Å². The lowest BCUT2D eigenvalue weighted by Crippen LogP contribution is -2.46. The fourth-order valence-corrected chi connectivity index (χ4v) is 4.54. The Morgan fingerprint density at radius 2 is 2.00 bits per heavy atom. The van der Waals surface area contributed by atoms with Gasteiger partial charge in [0.05, 0.1) is 6.04 Å². The van der Waals surface area contributed by atoms with E-state index in [9.17, 15) is 14.4 Å². The SMILES string of the molecule is CCc1c(C(=O)N2CCCC(CNC(=O)C3CCCN3)C2)[nH]c(C)c1C(C)=O. The van der Waals surface area contributed by atoms with Gasteiger partial charge in [-0.15, -0.1) is 0 Å². The molecule has 1 aromatic heterocycles. The van der Waals surface area contributed by atoms with E-state index in [0.717, 1.165) is 43.5 Å². The first-order valence-electron chi connectivity index (χ1n) is 10.4. The van der Waals surface area contributed by atoms with E-state index in [0.29, 0.717) is 37.3 Å². The molecule has 7 nitrogen and oxygen atoms in total. The summed E-state index contributed by atoms with van der Waals surface area (Å²) < 4.78 is 0. The van der Waals surface area contributed by atoms with Crippen molar-refractivity contribution in [2.24, 2.45) is 5.92 Å². The van der Waals surface area contributed by atoms with Crippen LogP contribution in [0.1, 0.15) is 71.6 Å². The summed E-state index contributed by atoms with van der Waals surface area (Å²) in [5.41, 5.74) is 2.77. The largest absolute Gasteiger partial charge is 0.354 e. The Balaban J connectivity index is 1.64. The highest BCUT2D eigenvalue weighted by Crippen LogP contribution is 2.24. The molecule has 2 aliphatic rings. The second kappa shape index (κ2) is 8.90. The van der Waals surface area contributed by atoms with Gasteiger partial charge < -0.3 is 20.5 Å². The molecule has 0 spiro atoms. The Hall–Kier alpha value is -2.15. The number of rotatable bonds is 6. The van der Waals surface area contributed by atoms with Crippen LogP contribution in [0, 0.1) is 12.8 Å². The van der Waals surface area contributed by atoms with Gasteiger partial charge in [-0.25, -0.2) is 0 Å². The minimum Gasteiger partial charge on any atom is -0.354 e. The molecule has 0 aliphatic carbocycles. The summed E-state index contributed by atoms with van der Waals surface area (Å²) in [6.45, 7) is 8.21. The normalized spacial score (nSPS) is 22.3. The topological polar surface area (TPSA) is 94.3 Å². The van der Waals surface area contributed by atoms with E-state index >= 15 is 0 Å². The molecule has 0 aromatic carbocycles. The molecule has 0 saturated carbocycles. The van der Waals surface area contributed by atoms with Gasteiger partial charge >= 0.3 is 0 Å². The van der Waals surface area contributed by atoms with Crippen LogP contribution in [0.5, 0.6) is 0 Å². The zero-order valence-corrected chi connectivity index (χ0v) is 17.2. The van der Waals surface area contributed by atoms with Gasteiger partial charge in [-0.05, 0) is 64.0 Å². The summed E-state index contributed by atoms with van der Waals surface area (Å²) in [4.78, 5) is 42.4. The molecule has 3 heterocycles. The van der Waals surface area contributed by atoms with Crippen molar-refractivity contribution in [1.82, 2.24) is 20.5 Å². The monoisotopic (exact) mass is 388 g/mol.